The summed E-state index contributed by atoms with van der Waals surface area (Å²) in [5.74, 6) is 0.615. The molecule has 3 heterocycles. The van der Waals surface area contributed by atoms with Crippen molar-refractivity contribution in [3.63, 3.8) is 0 Å². The van der Waals surface area contributed by atoms with Crippen molar-refractivity contribution >= 4 is 23.6 Å². The molecule has 1 aromatic heterocycles. The quantitative estimate of drug-likeness (QED) is 0.649. The average Bonchev–Trinajstić information content (AvgIpc) is 3.05. The monoisotopic (exact) mass is 416 g/mol. The molecule has 0 radical (unpaired) electrons. The molecule has 4 rings (SSSR count). The zero-order valence-electron chi connectivity index (χ0n) is 16.3. The van der Waals surface area contributed by atoms with Crippen molar-refractivity contribution in [2.75, 3.05) is 18.5 Å². The number of nitrogens with one attached hydrogen (secondary N) is 3. The number of carbonyl (C=O) groups is 1. The molecule has 0 bridgehead atoms. The number of halogens is 1. The lowest BCUT2D eigenvalue weighted by atomic mass is 10.1. The third-order valence-corrected chi connectivity index (χ3v) is 5.57. The number of nitrogens with zero attached hydrogens (tertiary/aromatic N) is 3. The lowest BCUT2D eigenvalue weighted by molar-refractivity contribution is 0.0903. The standard InChI is InChI=1S/C20H25ClN6O2/c1-13-17-11-22-19(24-16-5-7-29-8-6-16)25-18(17)12-27(13)20(28)26-23-10-14-3-2-4-15(21)9-14/h2-4,9,11,13,16,23H,5-8,10,12H2,1H3,(H,26,28)(H,22,24,25). The molecule has 2 aliphatic heterocycles. The predicted molar refractivity (Wildman–Crippen MR) is 110 cm³/mol. The number of urea groups is 1. The molecule has 0 aliphatic carbocycles. The van der Waals surface area contributed by atoms with Gasteiger partial charge in [-0.05, 0) is 37.5 Å². The summed E-state index contributed by atoms with van der Waals surface area (Å²) in [4.78, 5) is 23.5. The van der Waals surface area contributed by atoms with Crippen molar-refractivity contribution in [3.05, 3.63) is 52.3 Å². The first-order valence-electron chi connectivity index (χ1n) is 9.84. The van der Waals surface area contributed by atoms with Crippen molar-refractivity contribution in [2.45, 2.75) is 44.9 Å². The fourth-order valence-electron chi connectivity index (χ4n) is 3.65. The summed E-state index contributed by atoms with van der Waals surface area (Å²) < 4.78 is 5.39. The summed E-state index contributed by atoms with van der Waals surface area (Å²) in [6.45, 7) is 4.44. The van der Waals surface area contributed by atoms with Crippen LogP contribution in [0.2, 0.25) is 5.02 Å². The van der Waals surface area contributed by atoms with E-state index in [-0.39, 0.29) is 12.1 Å². The fraction of sp³-hybridized carbons (Fsp3) is 0.450. The van der Waals surface area contributed by atoms with Gasteiger partial charge in [-0.3, -0.25) is 5.43 Å². The molecule has 8 nitrogen and oxygen atoms in total. The zero-order chi connectivity index (χ0) is 20.2. The molecule has 154 valence electrons. The van der Waals surface area contributed by atoms with Gasteiger partial charge in [0.05, 0.1) is 18.3 Å². The highest BCUT2D eigenvalue weighted by molar-refractivity contribution is 6.30. The number of carbonyl (C=O) groups excluding carboxylic acids is 1. The van der Waals surface area contributed by atoms with Gasteiger partial charge in [-0.1, -0.05) is 23.7 Å². The van der Waals surface area contributed by atoms with E-state index in [1.54, 1.807) is 4.90 Å². The summed E-state index contributed by atoms with van der Waals surface area (Å²) >= 11 is 5.99. The summed E-state index contributed by atoms with van der Waals surface area (Å²) in [7, 11) is 0. The smallest absolute Gasteiger partial charge is 0.332 e. The molecule has 2 aliphatic rings. The number of rotatable bonds is 5. The van der Waals surface area contributed by atoms with Crippen molar-refractivity contribution in [3.8, 4) is 0 Å². The Morgan fingerprint density at radius 2 is 2.17 bits per heavy atom. The van der Waals surface area contributed by atoms with Gasteiger partial charge in [-0.2, -0.15) is 0 Å². The number of amides is 2. The van der Waals surface area contributed by atoms with E-state index in [1.807, 2.05) is 37.4 Å². The Bertz CT molecular complexity index is 874. The van der Waals surface area contributed by atoms with Crippen LogP contribution < -0.4 is 16.2 Å². The minimum atomic E-state index is -0.198. The van der Waals surface area contributed by atoms with Crippen LogP contribution >= 0.6 is 11.6 Å². The molecule has 0 saturated carbocycles. The normalized spacial score (nSPS) is 19.1. The Hall–Kier alpha value is -2.42. The van der Waals surface area contributed by atoms with Gasteiger partial charge in [-0.25, -0.2) is 20.2 Å². The van der Waals surface area contributed by atoms with Crippen molar-refractivity contribution in [1.82, 2.24) is 25.7 Å². The van der Waals surface area contributed by atoms with Gasteiger partial charge in [0.2, 0.25) is 5.95 Å². The van der Waals surface area contributed by atoms with Crippen molar-refractivity contribution in [1.29, 1.82) is 0 Å². The van der Waals surface area contributed by atoms with Gasteiger partial charge in [0.1, 0.15) is 0 Å². The van der Waals surface area contributed by atoms with Crippen LogP contribution in [0.25, 0.3) is 0 Å². The Morgan fingerprint density at radius 3 is 2.97 bits per heavy atom. The van der Waals surface area contributed by atoms with Gasteiger partial charge in [-0.15, -0.1) is 0 Å². The van der Waals surface area contributed by atoms with Gasteiger partial charge < -0.3 is 15.0 Å². The minimum absolute atomic E-state index is 0.0879. The van der Waals surface area contributed by atoms with E-state index in [2.05, 4.69) is 26.1 Å². The second-order valence-corrected chi connectivity index (χ2v) is 7.78. The number of anilines is 1. The van der Waals surface area contributed by atoms with Crippen LogP contribution in [0.3, 0.4) is 0 Å². The molecule has 1 fully saturated rings. The van der Waals surface area contributed by atoms with Gasteiger partial charge in [0.25, 0.3) is 0 Å². The highest BCUT2D eigenvalue weighted by Crippen LogP contribution is 2.32. The third-order valence-electron chi connectivity index (χ3n) is 5.33. The van der Waals surface area contributed by atoms with E-state index in [1.165, 1.54) is 0 Å². The van der Waals surface area contributed by atoms with Crippen molar-refractivity contribution < 1.29 is 9.53 Å². The highest BCUT2D eigenvalue weighted by Gasteiger charge is 2.32. The number of hydrogen-bond acceptors (Lipinski definition) is 6. The SMILES string of the molecule is CC1c2cnc(NC3CCOCC3)nc2CN1C(=O)NNCc1cccc(Cl)c1. The number of hydrazine groups is 1. The van der Waals surface area contributed by atoms with Crippen LogP contribution in [0.15, 0.2) is 30.5 Å². The van der Waals surface area contributed by atoms with Gasteiger partial charge in [0.15, 0.2) is 0 Å². The molecule has 3 N–H and O–H groups in total. The first-order chi connectivity index (χ1) is 14.1. The molecule has 1 saturated heterocycles. The fourth-order valence-corrected chi connectivity index (χ4v) is 3.86. The van der Waals surface area contributed by atoms with E-state index in [0.717, 1.165) is 42.9 Å². The highest BCUT2D eigenvalue weighted by atomic mass is 35.5. The van der Waals surface area contributed by atoms with Gasteiger partial charge in [0, 0.05) is 42.6 Å². The van der Waals surface area contributed by atoms with E-state index in [0.29, 0.717) is 30.1 Å². The minimum Gasteiger partial charge on any atom is -0.381 e. The number of hydrogen-bond donors (Lipinski definition) is 3. The predicted octanol–water partition coefficient (Wildman–Crippen LogP) is 3.01. The zero-order valence-corrected chi connectivity index (χ0v) is 17.1. The molecular weight excluding hydrogens is 392 g/mol. The van der Waals surface area contributed by atoms with Crippen LogP contribution in [0.1, 0.15) is 42.6 Å². The second kappa shape index (κ2) is 8.94. The average molecular weight is 417 g/mol. The summed E-state index contributed by atoms with van der Waals surface area (Å²) in [5.41, 5.74) is 8.56. The van der Waals surface area contributed by atoms with E-state index in [9.17, 15) is 4.79 Å². The van der Waals surface area contributed by atoms with Crippen molar-refractivity contribution in [2.24, 2.45) is 0 Å². The first kappa shape index (κ1) is 19.9. The molecule has 0 spiro atoms. The number of benzene rings is 1. The molecule has 1 aromatic carbocycles. The van der Waals surface area contributed by atoms with Crippen LogP contribution in [0.4, 0.5) is 10.7 Å². The Balaban J connectivity index is 1.33. The van der Waals surface area contributed by atoms with Crippen LogP contribution in [-0.2, 0) is 17.8 Å². The third kappa shape index (κ3) is 4.77. The Morgan fingerprint density at radius 1 is 1.34 bits per heavy atom. The number of ether oxygens (including phenoxy) is 1. The maximum Gasteiger partial charge on any atom is 0.332 e. The number of fused-ring (bicyclic) bond motifs is 1. The lowest BCUT2D eigenvalue weighted by Gasteiger charge is -2.23. The maximum absolute atomic E-state index is 12.6. The van der Waals surface area contributed by atoms with Crippen LogP contribution in [0.5, 0.6) is 0 Å². The summed E-state index contributed by atoms with van der Waals surface area (Å²) in [6, 6.07) is 7.55. The van der Waals surface area contributed by atoms with Gasteiger partial charge >= 0.3 is 6.03 Å². The summed E-state index contributed by atoms with van der Waals surface area (Å²) in [5, 5.41) is 4.05. The molecule has 2 amide bonds. The summed E-state index contributed by atoms with van der Waals surface area (Å²) in [6.07, 6.45) is 3.72. The molecule has 29 heavy (non-hydrogen) atoms. The first-order valence-corrected chi connectivity index (χ1v) is 10.2. The molecule has 2 aromatic rings. The van der Waals surface area contributed by atoms with Crippen LogP contribution in [0, 0.1) is 0 Å². The maximum atomic E-state index is 12.6. The van der Waals surface area contributed by atoms with E-state index < -0.39 is 0 Å². The van der Waals surface area contributed by atoms with E-state index >= 15 is 0 Å². The molecule has 9 heteroatoms. The largest absolute Gasteiger partial charge is 0.381 e. The number of aromatic nitrogens is 2. The lowest BCUT2D eigenvalue weighted by Crippen LogP contribution is -2.45. The Labute approximate surface area is 175 Å². The molecular formula is C20H25ClN6O2. The Kier molecular flexibility index (Phi) is 6.13. The molecule has 1 atom stereocenters. The van der Waals surface area contributed by atoms with Crippen LogP contribution in [-0.4, -0.2) is 40.2 Å². The molecule has 1 unspecified atom stereocenters. The second-order valence-electron chi connectivity index (χ2n) is 7.34. The topological polar surface area (TPSA) is 91.4 Å². The van der Waals surface area contributed by atoms with E-state index in [4.69, 9.17) is 16.3 Å².